The molecular formula is C29H36N6O. The molecule has 0 radical (unpaired) electrons. The summed E-state index contributed by atoms with van der Waals surface area (Å²) in [7, 11) is 0. The Kier molecular flexibility index (Phi) is 7.56. The lowest BCUT2D eigenvalue weighted by Crippen LogP contribution is -2.35. The molecule has 2 heterocycles. The highest BCUT2D eigenvalue weighted by Crippen LogP contribution is 2.32. The normalized spacial score (nSPS) is 15.5. The fraction of sp³-hybridized carbons (Fsp3) is 0.448. The minimum absolute atomic E-state index is 0.0248. The minimum Gasteiger partial charge on any atom is -0.321 e. The molecule has 0 bridgehead atoms. The van der Waals surface area contributed by atoms with Gasteiger partial charge >= 0.3 is 0 Å². The average molecular weight is 485 g/mol. The molecule has 1 aliphatic carbocycles. The molecule has 2 aromatic heterocycles. The molecule has 1 atom stereocenters. The largest absolute Gasteiger partial charge is 0.321 e. The highest BCUT2D eigenvalue weighted by atomic mass is 16.1. The van der Waals surface area contributed by atoms with Crippen LogP contribution in [0.25, 0.3) is 10.9 Å². The standard InChI is InChI=1S/C29H36N6O/c1-3-26(28-31-32-33-35(28)25-15-8-5-9-16-25)34(18-17-22-12-6-4-7-13-22)20-24-19-23-14-10-11-21(2)27(23)30-29(24)36/h4,6-7,10-14,19,25-26H,3,5,8-9,15-18,20H2,1-2H3,(H,30,36). The Balaban J connectivity index is 1.49. The molecule has 36 heavy (non-hydrogen) atoms. The third-order valence-electron chi connectivity index (χ3n) is 7.63. The van der Waals surface area contributed by atoms with Gasteiger partial charge in [-0.3, -0.25) is 9.69 Å². The highest BCUT2D eigenvalue weighted by Gasteiger charge is 2.29. The van der Waals surface area contributed by atoms with Crippen molar-refractivity contribution < 1.29 is 0 Å². The van der Waals surface area contributed by atoms with Crippen LogP contribution in [0.15, 0.2) is 59.4 Å². The van der Waals surface area contributed by atoms with Crippen molar-refractivity contribution >= 4 is 10.9 Å². The van der Waals surface area contributed by atoms with Gasteiger partial charge in [-0.25, -0.2) is 4.68 Å². The molecule has 5 rings (SSSR count). The zero-order valence-electron chi connectivity index (χ0n) is 21.4. The van der Waals surface area contributed by atoms with Crippen molar-refractivity contribution in [3.05, 3.63) is 87.5 Å². The van der Waals surface area contributed by atoms with Crippen molar-refractivity contribution in [1.82, 2.24) is 30.1 Å². The van der Waals surface area contributed by atoms with Crippen LogP contribution in [0.1, 0.15) is 80.0 Å². The van der Waals surface area contributed by atoms with Crippen molar-refractivity contribution in [3.63, 3.8) is 0 Å². The van der Waals surface area contributed by atoms with E-state index in [1.807, 2.05) is 31.2 Å². The van der Waals surface area contributed by atoms with Crippen LogP contribution in [0, 0.1) is 6.92 Å². The van der Waals surface area contributed by atoms with Gasteiger partial charge in [0, 0.05) is 18.7 Å². The van der Waals surface area contributed by atoms with E-state index in [9.17, 15) is 4.79 Å². The molecule has 7 heteroatoms. The van der Waals surface area contributed by atoms with E-state index in [2.05, 4.69) is 67.3 Å². The number of tetrazole rings is 1. The zero-order valence-corrected chi connectivity index (χ0v) is 21.4. The second kappa shape index (κ2) is 11.2. The van der Waals surface area contributed by atoms with Crippen LogP contribution in [0.4, 0.5) is 0 Å². The van der Waals surface area contributed by atoms with Crippen molar-refractivity contribution in [2.45, 2.75) is 77.4 Å². The summed E-state index contributed by atoms with van der Waals surface area (Å²) in [5, 5.41) is 14.2. The number of benzene rings is 2. The van der Waals surface area contributed by atoms with Crippen LogP contribution >= 0.6 is 0 Å². The number of para-hydroxylation sites is 1. The predicted octanol–water partition coefficient (Wildman–Crippen LogP) is 5.52. The van der Waals surface area contributed by atoms with Crippen molar-refractivity contribution in [2.75, 3.05) is 6.54 Å². The topological polar surface area (TPSA) is 79.7 Å². The first-order valence-electron chi connectivity index (χ1n) is 13.3. The van der Waals surface area contributed by atoms with Crippen molar-refractivity contribution in [1.29, 1.82) is 0 Å². The second-order valence-corrected chi connectivity index (χ2v) is 10.1. The Hall–Kier alpha value is -3.32. The molecule has 0 spiro atoms. The van der Waals surface area contributed by atoms with Gasteiger partial charge in [0.15, 0.2) is 5.82 Å². The molecule has 1 N–H and O–H groups in total. The lowest BCUT2D eigenvalue weighted by molar-refractivity contribution is 0.165. The van der Waals surface area contributed by atoms with E-state index in [0.717, 1.165) is 60.1 Å². The van der Waals surface area contributed by atoms with Crippen molar-refractivity contribution in [3.8, 4) is 0 Å². The summed E-state index contributed by atoms with van der Waals surface area (Å²) in [5.74, 6) is 0.922. The predicted molar refractivity (Wildman–Crippen MR) is 143 cm³/mol. The molecule has 7 nitrogen and oxygen atoms in total. The number of nitrogens with one attached hydrogen (secondary N) is 1. The van der Waals surface area contributed by atoms with Gasteiger partial charge in [-0.1, -0.05) is 74.7 Å². The summed E-state index contributed by atoms with van der Waals surface area (Å²) >= 11 is 0. The second-order valence-electron chi connectivity index (χ2n) is 10.1. The molecule has 1 aliphatic rings. The van der Waals surface area contributed by atoms with Crippen LogP contribution in [0.2, 0.25) is 0 Å². The van der Waals surface area contributed by atoms with Crippen LogP contribution < -0.4 is 5.56 Å². The van der Waals surface area contributed by atoms with Crippen LogP contribution in [-0.2, 0) is 13.0 Å². The first-order chi connectivity index (χ1) is 17.6. The Bertz CT molecular complexity index is 1340. The molecule has 188 valence electrons. The van der Waals surface area contributed by atoms with Gasteiger partial charge in [-0.05, 0) is 65.6 Å². The Labute approximate surface area is 212 Å². The monoisotopic (exact) mass is 484 g/mol. The Morgan fingerprint density at radius 3 is 2.67 bits per heavy atom. The van der Waals surface area contributed by atoms with Gasteiger partial charge in [0.25, 0.3) is 5.56 Å². The van der Waals surface area contributed by atoms with Gasteiger partial charge in [0.05, 0.1) is 17.6 Å². The van der Waals surface area contributed by atoms with Gasteiger partial charge in [0.1, 0.15) is 0 Å². The number of aryl methyl sites for hydroxylation is 1. The van der Waals surface area contributed by atoms with E-state index in [1.54, 1.807) is 0 Å². The van der Waals surface area contributed by atoms with Crippen LogP contribution in [-0.4, -0.2) is 36.6 Å². The number of hydrogen-bond donors (Lipinski definition) is 1. The number of pyridine rings is 1. The lowest BCUT2D eigenvalue weighted by Gasteiger charge is -2.32. The lowest BCUT2D eigenvalue weighted by atomic mass is 9.95. The third-order valence-corrected chi connectivity index (χ3v) is 7.63. The summed E-state index contributed by atoms with van der Waals surface area (Å²) in [6, 6.07) is 19.1. The van der Waals surface area contributed by atoms with Gasteiger partial charge in [0.2, 0.25) is 0 Å². The molecule has 0 amide bonds. The smallest absolute Gasteiger partial charge is 0.252 e. The summed E-state index contributed by atoms with van der Waals surface area (Å²) in [4.78, 5) is 18.7. The number of rotatable bonds is 9. The number of fused-ring (bicyclic) bond motifs is 1. The first kappa shape index (κ1) is 24.4. The Morgan fingerprint density at radius 1 is 1.08 bits per heavy atom. The molecule has 1 fully saturated rings. The molecule has 1 unspecified atom stereocenters. The van der Waals surface area contributed by atoms with Crippen LogP contribution in [0.5, 0.6) is 0 Å². The van der Waals surface area contributed by atoms with E-state index >= 15 is 0 Å². The van der Waals surface area contributed by atoms with Gasteiger partial charge < -0.3 is 4.98 Å². The third kappa shape index (κ3) is 5.26. The fourth-order valence-corrected chi connectivity index (χ4v) is 5.64. The molecule has 0 aliphatic heterocycles. The molecule has 4 aromatic rings. The van der Waals surface area contributed by atoms with Crippen LogP contribution in [0.3, 0.4) is 0 Å². The van der Waals surface area contributed by atoms with E-state index in [0.29, 0.717) is 12.6 Å². The number of aromatic amines is 1. The summed E-state index contributed by atoms with van der Waals surface area (Å²) in [5.41, 5.74) is 4.03. The maximum atomic E-state index is 13.2. The van der Waals surface area contributed by atoms with E-state index in [-0.39, 0.29) is 11.6 Å². The molecule has 2 aromatic carbocycles. The van der Waals surface area contributed by atoms with E-state index in [1.165, 1.54) is 24.8 Å². The maximum absolute atomic E-state index is 13.2. The zero-order chi connectivity index (χ0) is 24.9. The number of hydrogen-bond acceptors (Lipinski definition) is 5. The number of nitrogens with zero attached hydrogens (tertiary/aromatic N) is 5. The maximum Gasteiger partial charge on any atom is 0.252 e. The van der Waals surface area contributed by atoms with Gasteiger partial charge in [-0.2, -0.15) is 0 Å². The highest BCUT2D eigenvalue weighted by molar-refractivity contribution is 5.81. The quantitative estimate of drug-likeness (QED) is 0.338. The van der Waals surface area contributed by atoms with E-state index < -0.39 is 0 Å². The molecule has 0 saturated heterocycles. The Morgan fingerprint density at radius 2 is 1.89 bits per heavy atom. The van der Waals surface area contributed by atoms with Gasteiger partial charge in [-0.15, -0.1) is 5.10 Å². The average Bonchev–Trinajstić information content (AvgIpc) is 3.39. The summed E-state index contributed by atoms with van der Waals surface area (Å²) in [6.07, 6.45) is 7.76. The molecular weight excluding hydrogens is 448 g/mol. The van der Waals surface area contributed by atoms with E-state index in [4.69, 9.17) is 0 Å². The van der Waals surface area contributed by atoms with Crippen molar-refractivity contribution in [2.24, 2.45) is 0 Å². The first-order valence-corrected chi connectivity index (χ1v) is 13.3. The number of H-pyrrole nitrogens is 1. The summed E-state index contributed by atoms with van der Waals surface area (Å²) in [6.45, 7) is 5.57. The fourth-order valence-electron chi connectivity index (χ4n) is 5.64. The number of aromatic nitrogens is 5. The minimum atomic E-state index is -0.0248. The summed E-state index contributed by atoms with van der Waals surface area (Å²) < 4.78 is 2.08. The molecule has 1 saturated carbocycles. The SMILES string of the molecule is CCC(c1nnnn1C1CCCCC1)N(CCc1ccccc1)Cc1cc2cccc(C)c2[nH]c1=O.